The number of alkyl halides is 1. The molecule has 0 radical (unpaired) electrons. The molecule has 1 aromatic carbocycles. The molecule has 70 valence electrons. The molecule has 0 aliphatic rings. The van der Waals surface area contributed by atoms with Crippen LogP contribution in [-0.4, -0.2) is 4.92 Å². The molecule has 0 aliphatic carbocycles. The van der Waals surface area contributed by atoms with Crippen molar-refractivity contribution in [1.29, 1.82) is 0 Å². The lowest BCUT2D eigenvalue weighted by atomic mass is 10.2. The Bertz CT molecular complexity index is 333. The van der Waals surface area contributed by atoms with E-state index in [0.717, 1.165) is 12.1 Å². The van der Waals surface area contributed by atoms with Crippen molar-refractivity contribution in [2.24, 2.45) is 0 Å². The summed E-state index contributed by atoms with van der Waals surface area (Å²) >= 11 is 2.98. The van der Waals surface area contributed by atoms with Gasteiger partial charge in [0.1, 0.15) is 0 Å². The Labute approximate surface area is 80.6 Å². The van der Waals surface area contributed by atoms with Crippen LogP contribution in [0.4, 0.5) is 14.5 Å². The van der Waals surface area contributed by atoms with Crippen LogP contribution in [0.3, 0.4) is 0 Å². The molecule has 0 amide bonds. The van der Waals surface area contributed by atoms with Gasteiger partial charge in [-0.3, -0.25) is 10.1 Å². The molecular formula is C7H4BrF2NO2. The molecule has 1 aromatic rings. The summed E-state index contributed by atoms with van der Waals surface area (Å²) in [5.74, 6) is -2.31. The maximum absolute atomic E-state index is 12.8. The number of nitro groups is 1. The standard InChI is InChI=1S/C7H4BrF2NO2/c8-3-4-1-5(9)7(11(12)13)6(10)2-4/h1-2H,3H2. The smallest absolute Gasteiger partial charge is 0.258 e. The van der Waals surface area contributed by atoms with Crippen molar-refractivity contribution in [2.75, 3.05) is 0 Å². The summed E-state index contributed by atoms with van der Waals surface area (Å²) in [7, 11) is 0. The van der Waals surface area contributed by atoms with Gasteiger partial charge in [0.15, 0.2) is 0 Å². The fraction of sp³-hybridized carbons (Fsp3) is 0.143. The van der Waals surface area contributed by atoms with Gasteiger partial charge in [0.25, 0.3) is 0 Å². The number of halogens is 3. The van der Waals surface area contributed by atoms with Gasteiger partial charge in [-0.1, -0.05) is 15.9 Å². The van der Waals surface area contributed by atoms with E-state index in [9.17, 15) is 18.9 Å². The zero-order valence-corrected chi connectivity index (χ0v) is 7.85. The lowest BCUT2D eigenvalue weighted by molar-refractivity contribution is -0.390. The zero-order valence-electron chi connectivity index (χ0n) is 6.26. The largest absolute Gasteiger partial charge is 0.340 e. The van der Waals surface area contributed by atoms with Crippen molar-refractivity contribution in [1.82, 2.24) is 0 Å². The number of hydrogen-bond donors (Lipinski definition) is 0. The van der Waals surface area contributed by atoms with Gasteiger partial charge in [-0.15, -0.1) is 0 Å². The molecule has 13 heavy (non-hydrogen) atoms. The van der Waals surface area contributed by atoms with Crippen LogP contribution in [0.2, 0.25) is 0 Å². The second kappa shape index (κ2) is 3.78. The molecule has 6 heteroatoms. The molecule has 0 atom stereocenters. The molecular weight excluding hydrogens is 248 g/mol. The average molecular weight is 252 g/mol. The minimum Gasteiger partial charge on any atom is -0.258 e. The topological polar surface area (TPSA) is 43.1 Å². The fourth-order valence-electron chi connectivity index (χ4n) is 0.870. The molecule has 0 fully saturated rings. The van der Waals surface area contributed by atoms with Crippen LogP contribution in [0.1, 0.15) is 5.56 Å². The molecule has 0 aromatic heterocycles. The van der Waals surface area contributed by atoms with Crippen molar-refractivity contribution in [3.8, 4) is 0 Å². The summed E-state index contributed by atoms with van der Waals surface area (Å²) in [5, 5.41) is 10.4. The van der Waals surface area contributed by atoms with Gasteiger partial charge >= 0.3 is 5.69 Å². The third-order valence-corrected chi connectivity index (χ3v) is 2.06. The molecule has 0 saturated carbocycles. The predicted octanol–water partition coefficient (Wildman–Crippen LogP) is 2.77. The summed E-state index contributed by atoms with van der Waals surface area (Å²) in [6.45, 7) is 0. The minimum absolute atomic E-state index is 0.249. The van der Waals surface area contributed by atoms with E-state index in [1.807, 2.05) is 0 Å². The molecule has 0 bridgehead atoms. The van der Waals surface area contributed by atoms with Crippen LogP contribution in [0.5, 0.6) is 0 Å². The second-order valence-electron chi connectivity index (χ2n) is 2.30. The second-order valence-corrected chi connectivity index (χ2v) is 2.86. The minimum atomic E-state index is -1.15. The Morgan fingerprint density at radius 3 is 2.15 bits per heavy atom. The van der Waals surface area contributed by atoms with Crippen LogP contribution >= 0.6 is 15.9 Å². The van der Waals surface area contributed by atoms with Crippen LogP contribution in [0.25, 0.3) is 0 Å². The van der Waals surface area contributed by atoms with Crippen molar-refractivity contribution in [3.05, 3.63) is 39.4 Å². The van der Waals surface area contributed by atoms with E-state index in [-0.39, 0.29) is 5.33 Å². The van der Waals surface area contributed by atoms with Gasteiger partial charge in [0, 0.05) is 5.33 Å². The highest BCUT2D eigenvalue weighted by Gasteiger charge is 2.21. The van der Waals surface area contributed by atoms with Gasteiger partial charge in [-0.05, 0) is 17.7 Å². The first-order valence-electron chi connectivity index (χ1n) is 3.24. The van der Waals surface area contributed by atoms with Crippen LogP contribution in [-0.2, 0) is 5.33 Å². The quantitative estimate of drug-likeness (QED) is 0.461. The molecule has 0 N–H and O–H groups in total. The van der Waals surface area contributed by atoms with E-state index < -0.39 is 22.2 Å². The van der Waals surface area contributed by atoms with Gasteiger partial charge in [0.2, 0.25) is 11.6 Å². The summed E-state index contributed by atoms with van der Waals surface area (Å²) in [5.41, 5.74) is -0.787. The van der Waals surface area contributed by atoms with Crippen molar-refractivity contribution in [3.63, 3.8) is 0 Å². The first kappa shape index (κ1) is 10.0. The first-order valence-corrected chi connectivity index (χ1v) is 4.36. The van der Waals surface area contributed by atoms with Gasteiger partial charge in [0.05, 0.1) is 4.92 Å². The normalized spacial score (nSPS) is 10.1. The van der Waals surface area contributed by atoms with E-state index >= 15 is 0 Å². The molecule has 1 rings (SSSR count). The summed E-state index contributed by atoms with van der Waals surface area (Å²) in [4.78, 5) is 9.08. The van der Waals surface area contributed by atoms with E-state index in [2.05, 4.69) is 15.9 Å². The van der Waals surface area contributed by atoms with E-state index in [4.69, 9.17) is 0 Å². The first-order chi connectivity index (χ1) is 6.06. The van der Waals surface area contributed by atoms with E-state index in [0.29, 0.717) is 5.56 Å². The Morgan fingerprint density at radius 2 is 1.85 bits per heavy atom. The van der Waals surface area contributed by atoms with Crippen LogP contribution in [0.15, 0.2) is 12.1 Å². The van der Waals surface area contributed by atoms with Crippen LogP contribution < -0.4 is 0 Å². The Hall–Kier alpha value is -1.04. The third kappa shape index (κ3) is 2.00. The molecule has 3 nitrogen and oxygen atoms in total. The summed E-state index contributed by atoms with van der Waals surface area (Å²) in [6.07, 6.45) is 0. The maximum atomic E-state index is 12.8. The monoisotopic (exact) mass is 251 g/mol. The molecule has 0 spiro atoms. The number of nitro benzene ring substituents is 1. The van der Waals surface area contributed by atoms with E-state index in [1.165, 1.54) is 0 Å². The number of hydrogen-bond acceptors (Lipinski definition) is 2. The predicted molar refractivity (Wildman–Crippen MR) is 45.6 cm³/mol. The van der Waals surface area contributed by atoms with Gasteiger partial charge < -0.3 is 0 Å². The number of nitrogens with zero attached hydrogens (tertiary/aromatic N) is 1. The molecule has 0 unspecified atom stereocenters. The SMILES string of the molecule is O=[N+]([O-])c1c(F)cc(CBr)cc1F. The number of benzene rings is 1. The Morgan fingerprint density at radius 1 is 1.38 bits per heavy atom. The zero-order chi connectivity index (χ0) is 10.0. The third-order valence-electron chi connectivity index (χ3n) is 1.41. The molecule has 0 aliphatic heterocycles. The average Bonchev–Trinajstić information content (AvgIpc) is 2.02. The summed E-state index contributed by atoms with van der Waals surface area (Å²) in [6, 6.07) is 1.85. The van der Waals surface area contributed by atoms with Crippen molar-refractivity contribution in [2.45, 2.75) is 5.33 Å². The highest BCUT2D eigenvalue weighted by Crippen LogP contribution is 2.23. The van der Waals surface area contributed by atoms with Gasteiger partial charge in [-0.2, -0.15) is 8.78 Å². The highest BCUT2D eigenvalue weighted by atomic mass is 79.9. The van der Waals surface area contributed by atoms with Crippen LogP contribution in [0, 0.1) is 21.7 Å². The molecule has 0 saturated heterocycles. The lowest BCUT2D eigenvalue weighted by Gasteiger charge is -1.98. The summed E-state index contributed by atoms with van der Waals surface area (Å²) < 4.78 is 25.7. The number of rotatable bonds is 2. The van der Waals surface area contributed by atoms with E-state index in [1.54, 1.807) is 0 Å². The maximum Gasteiger partial charge on any atom is 0.340 e. The molecule has 0 heterocycles. The Kier molecular flexibility index (Phi) is 2.92. The van der Waals surface area contributed by atoms with Crippen molar-refractivity contribution < 1.29 is 13.7 Å². The van der Waals surface area contributed by atoms with Crippen molar-refractivity contribution >= 4 is 21.6 Å². The Balaban J connectivity index is 3.31. The highest BCUT2D eigenvalue weighted by molar-refractivity contribution is 9.08. The fourth-order valence-corrected chi connectivity index (χ4v) is 1.19. The van der Waals surface area contributed by atoms with Gasteiger partial charge in [-0.25, -0.2) is 0 Å². The lowest BCUT2D eigenvalue weighted by Crippen LogP contribution is -1.97.